The van der Waals surface area contributed by atoms with E-state index in [-0.39, 0.29) is 5.76 Å². The van der Waals surface area contributed by atoms with Crippen molar-refractivity contribution in [1.29, 1.82) is 0 Å². The van der Waals surface area contributed by atoms with Gasteiger partial charge in [0.1, 0.15) is 23.7 Å². The summed E-state index contributed by atoms with van der Waals surface area (Å²) in [5, 5.41) is 22.2. The number of imidazole rings is 1. The number of aliphatic hydroxyl groups excluding tert-OH is 2. The van der Waals surface area contributed by atoms with E-state index in [0.717, 1.165) is 12.0 Å². The van der Waals surface area contributed by atoms with Crippen molar-refractivity contribution in [3.63, 3.8) is 0 Å². The lowest BCUT2D eigenvalue weighted by Gasteiger charge is -2.04. The molecule has 3 rings (SSSR count). The average Bonchev–Trinajstić information content (AvgIpc) is 2.98. The molecule has 2 aromatic heterocycles. The Kier molecular flexibility index (Phi) is 3.15. The van der Waals surface area contributed by atoms with Crippen LogP contribution in [0.1, 0.15) is 19.3 Å². The quantitative estimate of drug-likeness (QED) is 0.555. The van der Waals surface area contributed by atoms with E-state index in [2.05, 4.69) is 25.3 Å². The van der Waals surface area contributed by atoms with Crippen LogP contribution >= 0.6 is 0 Å². The van der Waals surface area contributed by atoms with Gasteiger partial charge in [-0.1, -0.05) is 0 Å². The van der Waals surface area contributed by atoms with E-state index < -0.39 is 6.10 Å². The van der Waals surface area contributed by atoms with Gasteiger partial charge in [-0.15, -0.1) is 0 Å². The first-order valence-electron chi connectivity index (χ1n) is 6.44. The number of nitrogens with one attached hydrogen (secondary N) is 2. The van der Waals surface area contributed by atoms with Gasteiger partial charge in [0.2, 0.25) is 5.95 Å². The molecule has 0 aliphatic heterocycles. The third-order valence-corrected chi connectivity index (χ3v) is 3.43. The summed E-state index contributed by atoms with van der Waals surface area (Å²) in [4.78, 5) is 15.2. The second-order valence-corrected chi connectivity index (χ2v) is 4.76. The molecular weight excluding hydrogens is 260 g/mol. The Morgan fingerprint density at radius 1 is 1.45 bits per heavy atom. The van der Waals surface area contributed by atoms with Crippen LogP contribution in [0.5, 0.6) is 0 Å². The fraction of sp³-hybridized carbons (Fsp3) is 0.417. The van der Waals surface area contributed by atoms with Crippen LogP contribution < -0.4 is 11.1 Å². The summed E-state index contributed by atoms with van der Waals surface area (Å²) in [7, 11) is 0. The summed E-state index contributed by atoms with van der Waals surface area (Å²) in [5.74, 6) is 1.03. The number of nitrogens with two attached hydrogens (primary N) is 1. The van der Waals surface area contributed by atoms with E-state index >= 15 is 0 Å². The van der Waals surface area contributed by atoms with Crippen LogP contribution in [0.2, 0.25) is 0 Å². The van der Waals surface area contributed by atoms with Crippen molar-refractivity contribution in [2.24, 2.45) is 0 Å². The minimum absolute atomic E-state index is 0.117. The lowest BCUT2D eigenvalue weighted by molar-refractivity contribution is 0.158. The Hall–Kier alpha value is -2.35. The number of hydrogen-bond acceptors (Lipinski definition) is 7. The summed E-state index contributed by atoms with van der Waals surface area (Å²) in [6.07, 6.45) is 2.64. The van der Waals surface area contributed by atoms with Crippen LogP contribution in [0.3, 0.4) is 0 Å². The molecule has 0 aromatic carbocycles. The van der Waals surface area contributed by atoms with Gasteiger partial charge in [-0.2, -0.15) is 4.98 Å². The maximum Gasteiger partial charge on any atom is 0.202 e. The zero-order valence-electron chi connectivity index (χ0n) is 10.8. The van der Waals surface area contributed by atoms with Gasteiger partial charge in [0.15, 0.2) is 11.5 Å². The monoisotopic (exact) mass is 276 g/mol. The predicted molar refractivity (Wildman–Crippen MR) is 74.1 cm³/mol. The predicted octanol–water partition coefficient (Wildman–Crippen LogP) is 0.704. The van der Waals surface area contributed by atoms with Crippen molar-refractivity contribution in [3.05, 3.63) is 17.7 Å². The number of rotatable bonds is 4. The van der Waals surface area contributed by atoms with Crippen LogP contribution in [0.4, 0.5) is 11.8 Å². The zero-order chi connectivity index (χ0) is 14.1. The van der Waals surface area contributed by atoms with Crippen LogP contribution in [-0.4, -0.2) is 42.8 Å². The minimum Gasteiger partial charge on any atom is -0.510 e. The largest absolute Gasteiger partial charge is 0.510 e. The highest BCUT2D eigenvalue weighted by atomic mass is 16.3. The summed E-state index contributed by atoms with van der Waals surface area (Å²) in [6, 6.07) is 0. The van der Waals surface area contributed by atoms with Gasteiger partial charge in [-0.05, 0) is 24.8 Å². The van der Waals surface area contributed by atoms with Gasteiger partial charge in [0, 0.05) is 6.54 Å². The molecule has 1 atom stereocenters. The molecule has 1 aliphatic carbocycles. The zero-order valence-corrected chi connectivity index (χ0v) is 10.8. The van der Waals surface area contributed by atoms with E-state index in [4.69, 9.17) is 5.73 Å². The molecule has 2 aromatic rings. The molecule has 0 saturated heterocycles. The fourth-order valence-electron chi connectivity index (χ4n) is 2.33. The lowest BCUT2D eigenvalue weighted by atomic mass is 10.1. The number of aromatic nitrogens is 4. The molecule has 0 spiro atoms. The normalized spacial score (nSPS) is 18.9. The number of hydrogen-bond donors (Lipinski definition) is 5. The topological polar surface area (TPSA) is 133 Å². The molecule has 0 saturated carbocycles. The number of fused-ring (bicyclic) bond motifs is 1. The SMILES string of the molecule is Nc1ncnc2nc(NCCC3=C(O)C(O)CC3)[nH]c12. The Morgan fingerprint density at radius 2 is 2.30 bits per heavy atom. The molecule has 106 valence electrons. The first kappa shape index (κ1) is 12.7. The van der Waals surface area contributed by atoms with E-state index in [0.29, 0.717) is 42.3 Å². The first-order chi connectivity index (χ1) is 9.65. The second kappa shape index (κ2) is 4.97. The number of H-pyrrole nitrogens is 1. The van der Waals surface area contributed by atoms with E-state index in [9.17, 15) is 10.2 Å². The molecule has 0 radical (unpaired) electrons. The Balaban J connectivity index is 1.65. The van der Waals surface area contributed by atoms with E-state index in [1.165, 1.54) is 6.33 Å². The molecule has 8 heteroatoms. The molecule has 0 fully saturated rings. The molecular formula is C12H16N6O2. The highest BCUT2D eigenvalue weighted by molar-refractivity contribution is 5.82. The molecule has 1 aliphatic rings. The highest BCUT2D eigenvalue weighted by Gasteiger charge is 2.22. The summed E-state index contributed by atoms with van der Waals surface area (Å²) in [5.41, 5.74) is 7.72. The third kappa shape index (κ3) is 2.25. The summed E-state index contributed by atoms with van der Waals surface area (Å²) >= 11 is 0. The Morgan fingerprint density at radius 3 is 3.00 bits per heavy atom. The van der Waals surface area contributed by atoms with Gasteiger partial charge in [-0.3, -0.25) is 0 Å². The van der Waals surface area contributed by atoms with E-state index in [1.54, 1.807) is 0 Å². The average molecular weight is 276 g/mol. The maximum atomic E-state index is 9.65. The van der Waals surface area contributed by atoms with Crippen molar-refractivity contribution in [3.8, 4) is 0 Å². The molecule has 1 unspecified atom stereocenters. The van der Waals surface area contributed by atoms with Gasteiger partial charge >= 0.3 is 0 Å². The molecule has 0 bridgehead atoms. The molecule has 2 heterocycles. The summed E-state index contributed by atoms with van der Waals surface area (Å²) < 4.78 is 0. The minimum atomic E-state index is -0.703. The molecule has 8 nitrogen and oxygen atoms in total. The van der Waals surface area contributed by atoms with Crippen LogP contribution in [0.25, 0.3) is 11.2 Å². The van der Waals surface area contributed by atoms with Crippen molar-refractivity contribution < 1.29 is 10.2 Å². The maximum absolute atomic E-state index is 9.65. The standard InChI is InChI=1S/C12H16N6O2/c13-10-8-11(16-5-15-10)18-12(17-8)14-4-3-6-1-2-7(19)9(6)20/h5,7,19-20H,1-4H2,(H4,13,14,15,16,17,18). The van der Waals surface area contributed by atoms with E-state index in [1.807, 2.05) is 0 Å². The van der Waals surface area contributed by atoms with Gasteiger partial charge in [0.25, 0.3) is 0 Å². The fourth-order valence-corrected chi connectivity index (χ4v) is 2.33. The number of nitrogen functional groups attached to an aromatic ring is 1. The van der Waals surface area contributed by atoms with Crippen molar-refractivity contribution in [2.45, 2.75) is 25.4 Å². The lowest BCUT2D eigenvalue weighted by Crippen LogP contribution is -2.06. The number of nitrogens with zero attached hydrogens (tertiary/aromatic N) is 3. The van der Waals surface area contributed by atoms with Crippen LogP contribution in [0.15, 0.2) is 17.7 Å². The molecule has 0 amide bonds. The van der Waals surface area contributed by atoms with Gasteiger partial charge in [0.05, 0.1) is 0 Å². The highest BCUT2D eigenvalue weighted by Crippen LogP contribution is 2.26. The number of aliphatic hydroxyl groups is 2. The number of aromatic amines is 1. The number of anilines is 2. The van der Waals surface area contributed by atoms with Gasteiger partial charge < -0.3 is 26.2 Å². The third-order valence-electron chi connectivity index (χ3n) is 3.43. The van der Waals surface area contributed by atoms with Crippen molar-refractivity contribution >= 4 is 22.9 Å². The summed E-state index contributed by atoms with van der Waals surface area (Å²) in [6.45, 7) is 0.596. The van der Waals surface area contributed by atoms with Crippen LogP contribution in [0, 0.1) is 0 Å². The molecule has 20 heavy (non-hydrogen) atoms. The van der Waals surface area contributed by atoms with Crippen LogP contribution in [-0.2, 0) is 0 Å². The Bertz CT molecular complexity index is 665. The Labute approximate surface area is 114 Å². The smallest absolute Gasteiger partial charge is 0.202 e. The van der Waals surface area contributed by atoms with Crippen molar-refractivity contribution in [2.75, 3.05) is 17.6 Å². The van der Waals surface area contributed by atoms with Crippen molar-refractivity contribution in [1.82, 2.24) is 19.9 Å². The first-order valence-corrected chi connectivity index (χ1v) is 6.44. The molecule has 6 N–H and O–H groups in total. The van der Waals surface area contributed by atoms with Gasteiger partial charge in [-0.25, -0.2) is 9.97 Å². The second-order valence-electron chi connectivity index (χ2n) is 4.76.